The molecule has 0 saturated heterocycles. The van der Waals surface area contributed by atoms with Gasteiger partial charge in [0.25, 0.3) is 0 Å². The predicted molar refractivity (Wildman–Crippen MR) is 100 cm³/mol. The Hall–Kier alpha value is -2.15. The molecule has 0 N–H and O–H groups in total. The number of carbonyl (C=O) groups is 1. The maximum absolute atomic E-state index is 12.9. The minimum Gasteiger partial charge on any atom is -0.462 e. The molecule has 1 aliphatic carbocycles. The number of benzene rings is 1. The van der Waals surface area contributed by atoms with Crippen LogP contribution in [0.1, 0.15) is 80.1 Å². The van der Waals surface area contributed by atoms with Crippen molar-refractivity contribution in [3.05, 3.63) is 47.3 Å². The summed E-state index contributed by atoms with van der Waals surface area (Å²) >= 11 is 0. The second-order valence-electron chi connectivity index (χ2n) is 7.04. The monoisotopic (exact) mass is 357 g/mol. The molecule has 3 nitrogen and oxygen atoms in total. The average Bonchev–Trinajstić information content (AvgIpc) is 2.68. The standard InChI is InChI=1S/C22H28FNO2/c1-2-3-15-26-22(25)21-10-5-4-9-20(21)18-13-11-17(12-14-18)7-6-8-19(23)16-24/h4-5,8-10,17-18H,2-3,6-7,11-15H2,1H3. The van der Waals surface area contributed by atoms with Gasteiger partial charge in [-0.25, -0.2) is 4.79 Å². The lowest BCUT2D eigenvalue weighted by molar-refractivity contribution is 0.0497. The van der Waals surface area contributed by atoms with E-state index in [-0.39, 0.29) is 5.97 Å². The van der Waals surface area contributed by atoms with E-state index >= 15 is 0 Å². The molecule has 26 heavy (non-hydrogen) atoms. The number of rotatable bonds is 8. The van der Waals surface area contributed by atoms with E-state index in [0.29, 0.717) is 30.4 Å². The van der Waals surface area contributed by atoms with E-state index in [0.717, 1.165) is 50.5 Å². The summed E-state index contributed by atoms with van der Waals surface area (Å²) < 4.78 is 18.3. The van der Waals surface area contributed by atoms with E-state index in [1.54, 1.807) is 0 Å². The summed E-state index contributed by atoms with van der Waals surface area (Å²) in [6.45, 7) is 2.55. The highest BCUT2D eigenvalue weighted by Crippen LogP contribution is 2.38. The first-order chi connectivity index (χ1) is 12.7. The van der Waals surface area contributed by atoms with Crippen molar-refractivity contribution in [2.45, 2.75) is 64.2 Å². The van der Waals surface area contributed by atoms with Gasteiger partial charge in [0.2, 0.25) is 0 Å². The summed E-state index contributed by atoms with van der Waals surface area (Å²) in [7, 11) is 0. The number of nitrogens with zero attached hydrogens (tertiary/aromatic N) is 1. The molecule has 1 fully saturated rings. The molecule has 0 atom stereocenters. The molecule has 0 bridgehead atoms. The number of carbonyl (C=O) groups excluding carboxylic acids is 1. The number of esters is 1. The van der Waals surface area contributed by atoms with Gasteiger partial charge in [0.15, 0.2) is 5.83 Å². The molecule has 2 rings (SSSR count). The Morgan fingerprint density at radius 1 is 1.31 bits per heavy atom. The number of allylic oxidation sites excluding steroid dienone is 2. The van der Waals surface area contributed by atoms with Gasteiger partial charge in [-0.3, -0.25) is 0 Å². The molecule has 1 saturated carbocycles. The number of unbranched alkanes of at least 4 members (excludes halogenated alkanes) is 1. The van der Waals surface area contributed by atoms with Gasteiger partial charge in [-0.1, -0.05) is 31.5 Å². The van der Waals surface area contributed by atoms with Crippen molar-refractivity contribution in [2.75, 3.05) is 6.61 Å². The molecular weight excluding hydrogens is 329 g/mol. The molecule has 1 aromatic carbocycles. The van der Waals surface area contributed by atoms with Gasteiger partial charge in [0.1, 0.15) is 6.07 Å². The highest BCUT2D eigenvalue weighted by Gasteiger charge is 2.25. The van der Waals surface area contributed by atoms with Crippen molar-refractivity contribution >= 4 is 5.97 Å². The molecular formula is C22H28FNO2. The van der Waals surface area contributed by atoms with Gasteiger partial charge in [-0.05, 0) is 74.5 Å². The zero-order valence-electron chi connectivity index (χ0n) is 15.5. The van der Waals surface area contributed by atoms with Crippen LogP contribution in [0.25, 0.3) is 0 Å². The number of nitriles is 1. The van der Waals surface area contributed by atoms with Crippen LogP contribution in [0.3, 0.4) is 0 Å². The lowest BCUT2D eigenvalue weighted by atomic mass is 9.76. The summed E-state index contributed by atoms with van der Waals surface area (Å²) in [5.74, 6) is 0.0488. The van der Waals surface area contributed by atoms with E-state index in [1.165, 1.54) is 12.1 Å². The topological polar surface area (TPSA) is 50.1 Å². The Kier molecular flexibility index (Phi) is 8.34. The molecule has 0 amide bonds. The van der Waals surface area contributed by atoms with Crippen molar-refractivity contribution in [1.29, 1.82) is 5.26 Å². The Labute approximate surface area is 155 Å². The zero-order valence-corrected chi connectivity index (χ0v) is 15.5. The maximum Gasteiger partial charge on any atom is 0.338 e. The number of hydrogen-bond donors (Lipinski definition) is 0. The second kappa shape index (κ2) is 10.8. The van der Waals surface area contributed by atoms with Gasteiger partial charge in [0, 0.05) is 0 Å². The number of hydrogen-bond acceptors (Lipinski definition) is 3. The minimum absolute atomic E-state index is 0.215. The Morgan fingerprint density at radius 2 is 2.04 bits per heavy atom. The maximum atomic E-state index is 12.9. The van der Waals surface area contributed by atoms with Crippen LogP contribution in [-0.4, -0.2) is 12.6 Å². The zero-order chi connectivity index (χ0) is 18.8. The van der Waals surface area contributed by atoms with Gasteiger partial charge in [-0.15, -0.1) is 0 Å². The third-order valence-electron chi connectivity index (χ3n) is 5.20. The fourth-order valence-corrected chi connectivity index (χ4v) is 3.68. The van der Waals surface area contributed by atoms with Crippen LogP contribution >= 0.6 is 0 Å². The first-order valence-corrected chi connectivity index (χ1v) is 9.67. The van der Waals surface area contributed by atoms with Gasteiger partial charge in [-0.2, -0.15) is 9.65 Å². The van der Waals surface area contributed by atoms with E-state index in [4.69, 9.17) is 10.00 Å². The summed E-state index contributed by atoms with van der Waals surface area (Å²) in [5.41, 5.74) is 1.80. The van der Waals surface area contributed by atoms with Crippen molar-refractivity contribution < 1.29 is 13.9 Å². The number of halogens is 1. The first-order valence-electron chi connectivity index (χ1n) is 9.67. The van der Waals surface area contributed by atoms with Crippen LogP contribution in [0.4, 0.5) is 4.39 Å². The van der Waals surface area contributed by atoms with Crippen LogP contribution in [0, 0.1) is 17.2 Å². The summed E-state index contributed by atoms with van der Waals surface area (Å²) in [4.78, 5) is 12.4. The highest BCUT2D eigenvalue weighted by atomic mass is 19.1. The first kappa shape index (κ1) is 20.2. The smallest absolute Gasteiger partial charge is 0.338 e. The van der Waals surface area contributed by atoms with Gasteiger partial charge < -0.3 is 4.74 Å². The van der Waals surface area contributed by atoms with E-state index in [1.807, 2.05) is 24.3 Å². The lowest BCUT2D eigenvalue weighted by Gasteiger charge is -2.29. The van der Waals surface area contributed by atoms with Gasteiger partial charge >= 0.3 is 5.97 Å². The molecule has 1 aliphatic rings. The third-order valence-corrected chi connectivity index (χ3v) is 5.20. The predicted octanol–water partition coefficient (Wildman–Crippen LogP) is 6.07. The molecule has 0 radical (unpaired) electrons. The molecule has 0 aromatic heterocycles. The SMILES string of the molecule is CCCCOC(=O)c1ccccc1C1CCC(CCC=C(F)C#N)CC1. The van der Waals surface area contributed by atoms with Crippen LogP contribution in [-0.2, 0) is 4.74 Å². The minimum atomic E-state index is -0.686. The molecule has 1 aromatic rings. The summed E-state index contributed by atoms with van der Waals surface area (Å²) in [6.07, 6.45) is 9.04. The largest absolute Gasteiger partial charge is 0.462 e. The van der Waals surface area contributed by atoms with Crippen molar-refractivity contribution in [1.82, 2.24) is 0 Å². The van der Waals surface area contributed by atoms with Gasteiger partial charge in [0.05, 0.1) is 12.2 Å². The fraction of sp³-hybridized carbons (Fsp3) is 0.545. The fourth-order valence-electron chi connectivity index (χ4n) is 3.68. The third kappa shape index (κ3) is 5.98. The quantitative estimate of drug-likeness (QED) is 0.322. The molecule has 4 heteroatoms. The molecule has 0 aliphatic heterocycles. The van der Waals surface area contributed by atoms with E-state index in [2.05, 4.69) is 6.92 Å². The Balaban J connectivity index is 1.91. The lowest BCUT2D eigenvalue weighted by Crippen LogP contribution is -2.17. The van der Waals surface area contributed by atoms with Crippen LogP contribution in [0.5, 0.6) is 0 Å². The highest BCUT2D eigenvalue weighted by molar-refractivity contribution is 5.91. The average molecular weight is 357 g/mol. The molecule has 0 spiro atoms. The molecule has 140 valence electrons. The molecule has 0 unspecified atom stereocenters. The van der Waals surface area contributed by atoms with Crippen LogP contribution in [0.2, 0.25) is 0 Å². The Bertz CT molecular complexity index is 654. The van der Waals surface area contributed by atoms with Crippen molar-refractivity contribution in [2.24, 2.45) is 5.92 Å². The van der Waals surface area contributed by atoms with Crippen molar-refractivity contribution in [3.63, 3.8) is 0 Å². The van der Waals surface area contributed by atoms with Crippen molar-refractivity contribution in [3.8, 4) is 6.07 Å². The summed E-state index contributed by atoms with van der Waals surface area (Å²) in [5, 5.41) is 8.44. The second-order valence-corrected chi connectivity index (χ2v) is 7.04. The normalized spacial score (nSPS) is 20.4. The van der Waals surface area contributed by atoms with E-state index < -0.39 is 5.83 Å². The van der Waals surface area contributed by atoms with Crippen LogP contribution < -0.4 is 0 Å². The Morgan fingerprint density at radius 3 is 2.73 bits per heavy atom. The van der Waals surface area contributed by atoms with Crippen LogP contribution in [0.15, 0.2) is 36.2 Å². The van der Waals surface area contributed by atoms with E-state index in [9.17, 15) is 9.18 Å². The molecule has 0 heterocycles. The summed E-state index contributed by atoms with van der Waals surface area (Å²) in [6, 6.07) is 9.31. The number of ether oxygens (including phenoxy) is 1.